The number of para-hydroxylation sites is 1. The molecule has 2 fully saturated rings. The maximum absolute atomic E-state index is 12.5. The highest BCUT2D eigenvalue weighted by Gasteiger charge is 2.42. The second-order valence-corrected chi connectivity index (χ2v) is 9.03. The van der Waals surface area contributed by atoms with Crippen LogP contribution < -0.4 is 4.74 Å². The van der Waals surface area contributed by atoms with Crippen molar-refractivity contribution >= 4 is 21.7 Å². The molecule has 1 aromatic rings. The first-order valence-electron chi connectivity index (χ1n) is 8.71. The zero-order valence-corrected chi connectivity index (χ0v) is 15.5. The number of aryl methyl sites for hydroxylation is 1. The quantitative estimate of drug-likeness (QED) is 0.657. The second kappa shape index (κ2) is 7.65. The predicted molar refractivity (Wildman–Crippen MR) is 94.6 cm³/mol. The summed E-state index contributed by atoms with van der Waals surface area (Å²) in [5, 5.41) is 0. The highest BCUT2D eigenvalue weighted by Crippen LogP contribution is 2.32. The summed E-state index contributed by atoms with van der Waals surface area (Å²) in [5.74, 6) is -0.264. The number of esters is 1. The molecule has 7 nitrogen and oxygen atoms in total. The molecule has 0 unspecified atom stereocenters. The van der Waals surface area contributed by atoms with E-state index in [1.165, 1.54) is 0 Å². The SMILES string of the molecule is Cc1ccccc1OCC(=O)OCC(=O)N(C1CC1)[C@@H]1CCS(=O)(=O)C1. The molecule has 1 amide bonds. The molecule has 1 aromatic carbocycles. The topological polar surface area (TPSA) is 90.0 Å². The lowest BCUT2D eigenvalue weighted by Crippen LogP contribution is -2.45. The number of carbonyl (C=O) groups excluding carboxylic acids is 2. The van der Waals surface area contributed by atoms with Gasteiger partial charge < -0.3 is 14.4 Å². The van der Waals surface area contributed by atoms with Gasteiger partial charge in [0.25, 0.3) is 5.91 Å². The molecule has 1 aliphatic carbocycles. The van der Waals surface area contributed by atoms with Crippen LogP contribution in [0.5, 0.6) is 5.75 Å². The molecule has 1 saturated heterocycles. The number of hydrogen-bond acceptors (Lipinski definition) is 6. The van der Waals surface area contributed by atoms with Gasteiger partial charge in [0.05, 0.1) is 11.5 Å². The third kappa shape index (κ3) is 4.75. The Morgan fingerprint density at radius 1 is 1.12 bits per heavy atom. The molecule has 1 heterocycles. The minimum atomic E-state index is -3.08. The molecule has 142 valence electrons. The van der Waals surface area contributed by atoms with E-state index in [9.17, 15) is 18.0 Å². The van der Waals surface area contributed by atoms with Gasteiger partial charge in [0, 0.05) is 12.1 Å². The predicted octanol–water partition coefficient (Wildman–Crippen LogP) is 1.10. The molecule has 1 aliphatic heterocycles. The summed E-state index contributed by atoms with van der Waals surface area (Å²) in [6.07, 6.45) is 2.19. The van der Waals surface area contributed by atoms with Crippen molar-refractivity contribution in [3.8, 4) is 5.75 Å². The molecule has 0 bridgehead atoms. The van der Waals surface area contributed by atoms with Crippen molar-refractivity contribution in [3.05, 3.63) is 29.8 Å². The van der Waals surface area contributed by atoms with Gasteiger partial charge in [0.15, 0.2) is 23.1 Å². The van der Waals surface area contributed by atoms with Crippen LogP contribution in [0.15, 0.2) is 24.3 Å². The van der Waals surface area contributed by atoms with Crippen molar-refractivity contribution < 1.29 is 27.5 Å². The maximum Gasteiger partial charge on any atom is 0.344 e. The van der Waals surface area contributed by atoms with Gasteiger partial charge in [0.2, 0.25) is 0 Å². The fourth-order valence-corrected chi connectivity index (χ4v) is 4.88. The molecule has 0 N–H and O–H groups in total. The molecule has 3 rings (SSSR count). The van der Waals surface area contributed by atoms with E-state index in [2.05, 4.69) is 0 Å². The van der Waals surface area contributed by atoms with E-state index in [4.69, 9.17) is 9.47 Å². The van der Waals surface area contributed by atoms with Crippen molar-refractivity contribution in [1.29, 1.82) is 0 Å². The zero-order valence-electron chi connectivity index (χ0n) is 14.7. The average Bonchev–Trinajstić information content (AvgIpc) is 3.35. The lowest BCUT2D eigenvalue weighted by atomic mass is 10.2. The van der Waals surface area contributed by atoms with Gasteiger partial charge in [-0.05, 0) is 37.8 Å². The fourth-order valence-electron chi connectivity index (χ4n) is 3.17. The van der Waals surface area contributed by atoms with Crippen LogP contribution >= 0.6 is 0 Å². The van der Waals surface area contributed by atoms with Gasteiger partial charge >= 0.3 is 5.97 Å². The highest BCUT2D eigenvalue weighted by atomic mass is 32.2. The van der Waals surface area contributed by atoms with Gasteiger partial charge in [-0.3, -0.25) is 4.79 Å². The first kappa shape index (κ1) is 18.7. The third-order valence-electron chi connectivity index (χ3n) is 4.63. The molecule has 0 spiro atoms. The van der Waals surface area contributed by atoms with Crippen molar-refractivity contribution in [1.82, 2.24) is 4.90 Å². The van der Waals surface area contributed by atoms with Crippen molar-refractivity contribution in [2.24, 2.45) is 0 Å². The van der Waals surface area contributed by atoms with Crippen LogP contribution in [0.3, 0.4) is 0 Å². The van der Waals surface area contributed by atoms with E-state index in [0.717, 1.165) is 18.4 Å². The van der Waals surface area contributed by atoms with E-state index < -0.39 is 15.8 Å². The summed E-state index contributed by atoms with van der Waals surface area (Å²) in [4.78, 5) is 25.9. The van der Waals surface area contributed by atoms with Crippen LogP contribution in [-0.4, -0.2) is 62.0 Å². The molecule has 0 aromatic heterocycles. The third-order valence-corrected chi connectivity index (χ3v) is 6.38. The van der Waals surface area contributed by atoms with Crippen LogP contribution in [0.4, 0.5) is 0 Å². The number of ether oxygens (including phenoxy) is 2. The summed E-state index contributed by atoms with van der Waals surface area (Å²) < 4.78 is 33.8. The first-order chi connectivity index (χ1) is 12.4. The molecule has 0 radical (unpaired) electrons. The van der Waals surface area contributed by atoms with E-state index in [-0.39, 0.29) is 42.7 Å². The van der Waals surface area contributed by atoms with E-state index in [0.29, 0.717) is 12.2 Å². The van der Waals surface area contributed by atoms with Gasteiger partial charge in [-0.1, -0.05) is 18.2 Å². The number of rotatable bonds is 7. The number of benzene rings is 1. The Morgan fingerprint density at radius 3 is 2.46 bits per heavy atom. The molecule has 8 heteroatoms. The second-order valence-electron chi connectivity index (χ2n) is 6.80. The van der Waals surface area contributed by atoms with Crippen molar-refractivity contribution in [2.45, 2.75) is 38.3 Å². The van der Waals surface area contributed by atoms with Crippen LogP contribution in [0, 0.1) is 6.92 Å². The van der Waals surface area contributed by atoms with Gasteiger partial charge in [-0.25, -0.2) is 13.2 Å². The Labute approximate surface area is 153 Å². The van der Waals surface area contributed by atoms with Crippen molar-refractivity contribution in [2.75, 3.05) is 24.7 Å². The summed E-state index contributed by atoms with van der Waals surface area (Å²) in [6, 6.07) is 7.07. The van der Waals surface area contributed by atoms with E-state index >= 15 is 0 Å². The van der Waals surface area contributed by atoms with E-state index in [1.54, 1.807) is 17.0 Å². The average molecular weight is 381 g/mol. The van der Waals surface area contributed by atoms with Crippen LogP contribution in [0.2, 0.25) is 0 Å². The normalized spacial score (nSPS) is 21.2. The lowest BCUT2D eigenvalue weighted by Gasteiger charge is -2.28. The van der Waals surface area contributed by atoms with Crippen LogP contribution in [0.1, 0.15) is 24.8 Å². The Kier molecular flexibility index (Phi) is 5.50. The van der Waals surface area contributed by atoms with Crippen LogP contribution in [0.25, 0.3) is 0 Å². The minimum absolute atomic E-state index is 0.000415. The number of amides is 1. The van der Waals surface area contributed by atoms with Crippen LogP contribution in [-0.2, 0) is 24.2 Å². The summed E-state index contributed by atoms with van der Waals surface area (Å²) in [5.41, 5.74) is 0.902. The number of carbonyl (C=O) groups is 2. The molecule has 26 heavy (non-hydrogen) atoms. The highest BCUT2D eigenvalue weighted by molar-refractivity contribution is 7.91. The Balaban J connectivity index is 1.49. The monoisotopic (exact) mass is 381 g/mol. The molecular weight excluding hydrogens is 358 g/mol. The number of nitrogens with zero attached hydrogens (tertiary/aromatic N) is 1. The Bertz CT molecular complexity index is 787. The number of hydrogen-bond donors (Lipinski definition) is 0. The largest absolute Gasteiger partial charge is 0.482 e. The summed E-state index contributed by atoms with van der Waals surface area (Å²) in [6.45, 7) is 1.20. The number of sulfone groups is 1. The van der Waals surface area contributed by atoms with Gasteiger partial charge in [0.1, 0.15) is 5.75 Å². The maximum atomic E-state index is 12.5. The summed E-state index contributed by atoms with van der Waals surface area (Å²) in [7, 11) is -3.08. The van der Waals surface area contributed by atoms with E-state index in [1.807, 2.05) is 19.1 Å². The van der Waals surface area contributed by atoms with Gasteiger partial charge in [-0.2, -0.15) is 0 Å². The minimum Gasteiger partial charge on any atom is -0.482 e. The lowest BCUT2D eigenvalue weighted by molar-refractivity contribution is -0.154. The molecule has 1 atom stereocenters. The standard InChI is InChI=1S/C18H23NO6S/c1-13-4-2-3-5-16(13)24-11-18(21)25-10-17(20)19(14-6-7-14)15-8-9-26(22,23)12-15/h2-5,14-15H,6-12H2,1H3/t15-/m1/s1. The fraction of sp³-hybridized carbons (Fsp3) is 0.556. The molecule has 2 aliphatic rings. The smallest absolute Gasteiger partial charge is 0.344 e. The summed E-state index contributed by atoms with van der Waals surface area (Å²) >= 11 is 0. The molecule has 1 saturated carbocycles. The Hall–Kier alpha value is -2.09. The zero-order chi connectivity index (χ0) is 18.7. The Morgan fingerprint density at radius 2 is 1.85 bits per heavy atom. The van der Waals surface area contributed by atoms with Crippen molar-refractivity contribution in [3.63, 3.8) is 0 Å². The van der Waals surface area contributed by atoms with Gasteiger partial charge in [-0.15, -0.1) is 0 Å². The first-order valence-corrected chi connectivity index (χ1v) is 10.5. The molecular formula is C18H23NO6S.